The maximum absolute atomic E-state index is 13.0. The third-order valence-electron chi connectivity index (χ3n) is 5.86. The van der Waals surface area contributed by atoms with Gasteiger partial charge in [-0.15, -0.1) is 11.3 Å². The van der Waals surface area contributed by atoms with Gasteiger partial charge in [0.1, 0.15) is 18.7 Å². The number of benzene rings is 2. The van der Waals surface area contributed by atoms with E-state index in [2.05, 4.69) is 22.8 Å². The van der Waals surface area contributed by atoms with Gasteiger partial charge < -0.3 is 25.4 Å². The molecule has 35 heavy (non-hydrogen) atoms. The van der Waals surface area contributed by atoms with Crippen molar-refractivity contribution in [2.75, 3.05) is 27.2 Å². The van der Waals surface area contributed by atoms with Crippen molar-refractivity contribution >= 4 is 29.3 Å². The number of carbonyl (C=O) groups is 3. The molecule has 0 spiro atoms. The highest BCUT2D eigenvalue weighted by molar-refractivity contribution is 7.10. The fraction of sp³-hybridized carbons (Fsp3) is 0.269. The number of nitrogens with one attached hydrogen (secondary N) is 2. The standard InChI is InChI=1S/C26H27N3O5S/c1-29(2)14-21(25(31)32)27-24(30)23(22-12-7-13-35-22)28-26(33)34-15-20-18-10-5-3-8-16(18)17-9-4-6-11-19(17)20/h3-13,20-21,23H,14-15H2,1-2H3,(H,27,30)(H,28,33)(H,31,32). The Hall–Kier alpha value is -3.69. The van der Waals surface area contributed by atoms with Gasteiger partial charge in [0.2, 0.25) is 5.91 Å². The molecule has 0 fully saturated rings. The minimum Gasteiger partial charge on any atom is -0.480 e. The third-order valence-corrected chi connectivity index (χ3v) is 6.80. The molecule has 9 heteroatoms. The van der Waals surface area contributed by atoms with Crippen molar-refractivity contribution in [2.45, 2.75) is 18.0 Å². The first-order valence-corrected chi connectivity index (χ1v) is 12.1. The van der Waals surface area contributed by atoms with Gasteiger partial charge in [-0.3, -0.25) is 4.79 Å². The van der Waals surface area contributed by atoms with Gasteiger partial charge in [0.15, 0.2) is 0 Å². The summed E-state index contributed by atoms with van der Waals surface area (Å²) >= 11 is 1.29. The van der Waals surface area contributed by atoms with Gasteiger partial charge >= 0.3 is 12.1 Å². The summed E-state index contributed by atoms with van der Waals surface area (Å²) < 4.78 is 5.59. The van der Waals surface area contributed by atoms with Crippen molar-refractivity contribution in [1.82, 2.24) is 15.5 Å². The lowest BCUT2D eigenvalue weighted by atomic mass is 9.98. The Kier molecular flexibility index (Phi) is 7.48. The number of thiophene rings is 1. The molecule has 3 aromatic rings. The number of carbonyl (C=O) groups excluding carboxylic acids is 2. The number of hydrogen-bond donors (Lipinski definition) is 3. The molecule has 2 amide bonds. The number of carboxylic acid groups (broad SMARTS) is 1. The SMILES string of the molecule is CN(C)CC(NC(=O)C(NC(=O)OCC1c2ccccc2-c2ccccc21)c1cccs1)C(=O)O. The molecule has 2 unspecified atom stereocenters. The Morgan fingerprint density at radius 1 is 0.971 bits per heavy atom. The van der Waals surface area contributed by atoms with E-state index in [0.717, 1.165) is 22.3 Å². The van der Waals surface area contributed by atoms with Gasteiger partial charge in [-0.1, -0.05) is 54.6 Å². The van der Waals surface area contributed by atoms with Gasteiger partial charge in [-0.2, -0.15) is 0 Å². The van der Waals surface area contributed by atoms with Crippen LogP contribution in [0.15, 0.2) is 66.0 Å². The Labute approximate surface area is 207 Å². The van der Waals surface area contributed by atoms with Crippen molar-refractivity contribution in [3.63, 3.8) is 0 Å². The fourth-order valence-electron chi connectivity index (χ4n) is 4.29. The second kappa shape index (κ2) is 10.7. The lowest BCUT2D eigenvalue weighted by Crippen LogP contribution is -2.50. The van der Waals surface area contributed by atoms with E-state index < -0.39 is 30.1 Å². The highest BCUT2D eigenvalue weighted by atomic mass is 32.1. The molecular weight excluding hydrogens is 466 g/mol. The number of fused-ring (bicyclic) bond motifs is 3. The predicted molar refractivity (Wildman–Crippen MR) is 133 cm³/mol. The number of amides is 2. The Bertz CT molecular complexity index is 1170. The second-order valence-electron chi connectivity index (χ2n) is 8.58. The summed E-state index contributed by atoms with van der Waals surface area (Å²) in [5.74, 6) is -1.88. The van der Waals surface area contributed by atoms with Gasteiger partial charge in [0.25, 0.3) is 0 Å². The fourth-order valence-corrected chi connectivity index (χ4v) is 5.06. The summed E-state index contributed by atoms with van der Waals surface area (Å²) in [6.07, 6.45) is -0.750. The average Bonchev–Trinajstić information content (AvgIpc) is 3.47. The van der Waals surface area contributed by atoms with Gasteiger partial charge in [-0.05, 0) is 47.8 Å². The monoisotopic (exact) mass is 493 g/mol. The third kappa shape index (κ3) is 5.52. The molecule has 1 heterocycles. The summed E-state index contributed by atoms with van der Waals surface area (Å²) in [7, 11) is 3.43. The summed E-state index contributed by atoms with van der Waals surface area (Å²) in [6, 6.07) is 17.3. The maximum Gasteiger partial charge on any atom is 0.408 e. The lowest BCUT2D eigenvalue weighted by Gasteiger charge is -2.23. The molecule has 0 saturated heterocycles. The first-order chi connectivity index (χ1) is 16.8. The van der Waals surface area contributed by atoms with E-state index in [9.17, 15) is 19.5 Å². The molecule has 1 aliphatic rings. The Morgan fingerprint density at radius 2 is 1.60 bits per heavy atom. The quantitative estimate of drug-likeness (QED) is 0.421. The van der Waals surface area contributed by atoms with Crippen molar-refractivity contribution < 1.29 is 24.2 Å². The molecule has 182 valence electrons. The summed E-state index contributed by atoms with van der Waals surface area (Å²) in [5, 5.41) is 16.4. The minimum atomic E-state index is -1.15. The van der Waals surface area contributed by atoms with Crippen LogP contribution in [0.2, 0.25) is 0 Å². The molecule has 2 aromatic carbocycles. The molecule has 8 nitrogen and oxygen atoms in total. The van der Waals surface area contributed by atoms with E-state index in [0.29, 0.717) is 4.88 Å². The predicted octanol–water partition coefficient (Wildman–Crippen LogP) is 3.46. The summed E-state index contributed by atoms with van der Waals surface area (Å²) in [5.41, 5.74) is 4.41. The van der Waals surface area contributed by atoms with Crippen LogP contribution in [0.3, 0.4) is 0 Å². The molecule has 3 N–H and O–H groups in total. The molecular formula is C26H27N3O5S. The van der Waals surface area contributed by atoms with E-state index in [1.165, 1.54) is 11.3 Å². The molecule has 2 atom stereocenters. The molecule has 0 aliphatic heterocycles. The average molecular weight is 494 g/mol. The number of alkyl carbamates (subject to hydrolysis) is 1. The highest BCUT2D eigenvalue weighted by Crippen LogP contribution is 2.44. The van der Waals surface area contributed by atoms with Crippen LogP contribution >= 0.6 is 11.3 Å². The Morgan fingerprint density at radius 3 is 2.14 bits per heavy atom. The van der Waals surface area contributed by atoms with Crippen LogP contribution in [0.4, 0.5) is 4.79 Å². The second-order valence-corrected chi connectivity index (χ2v) is 9.56. The number of rotatable bonds is 9. The van der Waals surface area contributed by atoms with Gasteiger partial charge in [0, 0.05) is 17.3 Å². The van der Waals surface area contributed by atoms with Crippen LogP contribution in [0, 0.1) is 0 Å². The van der Waals surface area contributed by atoms with Crippen molar-refractivity contribution in [3.8, 4) is 11.1 Å². The number of ether oxygens (including phenoxy) is 1. The zero-order valence-electron chi connectivity index (χ0n) is 19.4. The van der Waals surface area contributed by atoms with E-state index in [1.807, 2.05) is 36.4 Å². The largest absolute Gasteiger partial charge is 0.480 e. The van der Waals surface area contributed by atoms with Crippen LogP contribution in [-0.4, -0.2) is 61.3 Å². The maximum atomic E-state index is 13.0. The topological polar surface area (TPSA) is 108 Å². The molecule has 0 saturated carbocycles. The smallest absolute Gasteiger partial charge is 0.408 e. The molecule has 4 rings (SSSR count). The van der Waals surface area contributed by atoms with E-state index in [4.69, 9.17) is 4.74 Å². The Balaban J connectivity index is 1.46. The minimum absolute atomic E-state index is 0.108. The van der Waals surface area contributed by atoms with Crippen LogP contribution in [-0.2, 0) is 14.3 Å². The van der Waals surface area contributed by atoms with Crippen molar-refractivity contribution in [1.29, 1.82) is 0 Å². The molecule has 1 aliphatic carbocycles. The zero-order chi connectivity index (χ0) is 24.9. The van der Waals surface area contributed by atoms with E-state index in [-0.39, 0.29) is 19.1 Å². The number of aliphatic carboxylic acids is 1. The molecule has 1 aromatic heterocycles. The number of carboxylic acids is 1. The highest BCUT2D eigenvalue weighted by Gasteiger charge is 2.31. The normalized spacial score (nSPS) is 14.0. The first kappa shape index (κ1) is 24.4. The van der Waals surface area contributed by atoms with E-state index in [1.54, 1.807) is 36.5 Å². The number of hydrogen-bond acceptors (Lipinski definition) is 6. The molecule has 0 radical (unpaired) electrons. The first-order valence-electron chi connectivity index (χ1n) is 11.2. The number of likely N-dealkylation sites (N-methyl/N-ethyl adjacent to an activating group) is 1. The van der Waals surface area contributed by atoms with Crippen LogP contribution < -0.4 is 10.6 Å². The zero-order valence-corrected chi connectivity index (χ0v) is 20.2. The van der Waals surface area contributed by atoms with E-state index >= 15 is 0 Å². The molecule has 0 bridgehead atoms. The van der Waals surface area contributed by atoms with Gasteiger partial charge in [-0.25, -0.2) is 9.59 Å². The summed E-state index contributed by atoms with van der Waals surface area (Å²) in [6.45, 7) is 0.222. The van der Waals surface area contributed by atoms with Gasteiger partial charge in [0.05, 0.1) is 0 Å². The van der Waals surface area contributed by atoms with Crippen LogP contribution in [0.5, 0.6) is 0 Å². The summed E-state index contributed by atoms with van der Waals surface area (Å²) in [4.78, 5) is 39.6. The van der Waals surface area contributed by atoms with Crippen LogP contribution in [0.25, 0.3) is 11.1 Å². The number of nitrogens with zero attached hydrogens (tertiary/aromatic N) is 1. The van der Waals surface area contributed by atoms with Crippen LogP contribution in [0.1, 0.15) is 28.0 Å². The van der Waals surface area contributed by atoms with Crippen molar-refractivity contribution in [2.24, 2.45) is 0 Å². The van der Waals surface area contributed by atoms with Crippen molar-refractivity contribution in [3.05, 3.63) is 82.0 Å². The lowest BCUT2D eigenvalue weighted by molar-refractivity contribution is -0.142.